The molecule has 1 heterocycles. The molecule has 0 amide bonds. The number of nitrogen functional groups attached to an aromatic ring is 1. The second-order valence-corrected chi connectivity index (χ2v) is 5.12. The molecule has 1 atom stereocenters. The monoisotopic (exact) mass is 263 g/mol. The van der Waals surface area contributed by atoms with E-state index in [0.717, 1.165) is 12.0 Å². The van der Waals surface area contributed by atoms with Crippen molar-refractivity contribution in [2.75, 3.05) is 18.9 Å². The Morgan fingerprint density at radius 1 is 1.22 bits per heavy atom. The molecule has 96 valence electrons. The summed E-state index contributed by atoms with van der Waals surface area (Å²) in [6.45, 7) is 0.946. The maximum atomic E-state index is 9.91. The minimum atomic E-state index is -0.589. The Balaban J connectivity index is 1.71. The third kappa shape index (κ3) is 3.84. The van der Waals surface area contributed by atoms with Gasteiger partial charge in [0.2, 0.25) is 0 Å². The molecule has 2 aromatic rings. The van der Waals surface area contributed by atoms with Gasteiger partial charge in [0.15, 0.2) is 0 Å². The number of hydrogen-bond acceptors (Lipinski definition) is 4. The summed E-state index contributed by atoms with van der Waals surface area (Å²) in [6.07, 6.45) is 0.306. The SMILES string of the molecule is Nc1ccc(C(O)COCCc2cccs2)cc1. The van der Waals surface area contributed by atoms with Crippen LogP contribution in [-0.4, -0.2) is 18.3 Å². The fourth-order valence-electron chi connectivity index (χ4n) is 1.64. The molecule has 2 rings (SSSR count). The van der Waals surface area contributed by atoms with Crippen LogP contribution < -0.4 is 5.73 Å². The summed E-state index contributed by atoms with van der Waals surface area (Å²) in [5.41, 5.74) is 7.12. The van der Waals surface area contributed by atoms with E-state index in [9.17, 15) is 5.11 Å². The van der Waals surface area contributed by atoms with E-state index in [1.807, 2.05) is 18.2 Å². The van der Waals surface area contributed by atoms with Gasteiger partial charge in [-0.05, 0) is 29.1 Å². The van der Waals surface area contributed by atoms with Crippen molar-refractivity contribution >= 4 is 17.0 Å². The molecule has 0 radical (unpaired) electrons. The van der Waals surface area contributed by atoms with Gasteiger partial charge in [0, 0.05) is 17.0 Å². The third-order valence-electron chi connectivity index (χ3n) is 2.67. The molecule has 1 aromatic carbocycles. The van der Waals surface area contributed by atoms with Gasteiger partial charge in [-0.15, -0.1) is 11.3 Å². The van der Waals surface area contributed by atoms with Crippen molar-refractivity contribution in [1.29, 1.82) is 0 Å². The number of ether oxygens (including phenoxy) is 1. The number of thiophene rings is 1. The molecule has 0 fully saturated rings. The van der Waals surface area contributed by atoms with Crippen LogP contribution in [0.4, 0.5) is 5.69 Å². The minimum Gasteiger partial charge on any atom is -0.399 e. The molecular weight excluding hydrogens is 246 g/mol. The second-order valence-electron chi connectivity index (χ2n) is 4.09. The maximum Gasteiger partial charge on any atom is 0.102 e. The fourth-order valence-corrected chi connectivity index (χ4v) is 2.33. The smallest absolute Gasteiger partial charge is 0.102 e. The Hall–Kier alpha value is -1.36. The van der Waals surface area contributed by atoms with Gasteiger partial charge in [0.05, 0.1) is 13.2 Å². The lowest BCUT2D eigenvalue weighted by atomic mass is 10.1. The topological polar surface area (TPSA) is 55.5 Å². The van der Waals surface area contributed by atoms with E-state index in [-0.39, 0.29) is 0 Å². The van der Waals surface area contributed by atoms with E-state index in [0.29, 0.717) is 18.9 Å². The largest absolute Gasteiger partial charge is 0.399 e. The van der Waals surface area contributed by atoms with Gasteiger partial charge in [0.25, 0.3) is 0 Å². The van der Waals surface area contributed by atoms with Crippen molar-refractivity contribution in [3.05, 3.63) is 52.2 Å². The summed E-state index contributed by atoms with van der Waals surface area (Å²) in [6, 6.07) is 11.3. The molecule has 3 N–H and O–H groups in total. The molecule has 4 heteroatoms. The molecule has 1 aromatic heterocycles. The Morgan fingerprint density at radius 3 is 2.67 bits per heavy atom. The number of hydrogen-bond donors (Lipinski definition) is 2. The number of aliphatic hydroxyl groups is 1. The summed E-state index contributed by atoms with van der Waals surface area (Å²) in [7, 11) is 0. The minimum absolute atomic E-state index is 0.315. The van der Waals surface area contributed by atoms with E-state index in [1.165, 1.54) is 4.88 Å². The fraction of sp³-hybridized carbons (Fsp3) is 0.286. The van der Waals surface area contributed by atoms with Crippen molar-refractivity contribution in [3.8, 4) is 0 Å². The van der Waals surface area contributed by atoms with Gasteiger partial charge in [-0.1, -0.05) is 18.2 Å². The maximum absolute atomic E-state index is 9.91. The molecule has 0 aliphatic heterocycles. The summed E-state index contributed by atoms with van der Waals surface area (Å²) in [4.78, 5) is 1.30. The van der Waals surface area contributed by atoms with Crippen molar-refractivity contribution in [2.45, 2.75) is 12.5 Å². The van der Waals surface area contributed by atoms with E-state index >= 15 is 0 Å². The first kappa shape index (κ1) is 13.1. The lowest BCUT2D eigenvalue weighted by Gasteiger charge is -2.11. The zero-order valence-corrected chi connectivity index (χ0v) is 10.9. The van der Waals surface area contributed by atoms with Crippen LogP contribution in [0.15, 0.2) is 41.8 Å². The number of rotatable bonds is 6. The Bertz CT molecular complexity index is 453. The predicted molar refractivity (Wildman–Crippen MR) is 74.7 cm³/mol. The molecule has 0 spiro atoms. The van der Waals surface area contributed by atoms with E-state index in [2.05, 4.69) is 11.4 Å². The van der Waals surface area contributed by atoms with Crippen LogP contribution in [-0.2, 0) is 11.2 Å². The van der Waals surface area contributed by atoms with Crippen molar-refractivity contribution in [2.24, 2.45) is 0 Å². The highest BCUT2D eigenvalue weighted by Gasteiger charge is 2.07. The van der Waals surface area contributed by atoms with Crippen LogP contribution in [0.1, 0.15) is 16.5 Å². The van der Waals surface area contributed by atoms with Crippen molar-refractivity contribution < 1.29 is 9.84 Å². The molecule has 1 unspecified atom stereocenters. The van der Waals surface area contributed by atoms with Gasteiger partial charge < -0.3 is 15.6 Å². The highest BCUT2D eigenvalue weighted by Crippen LogP contribution is 2.15. The van der Waals surface area contributed by atoms with Crippen LogP contribution >= 0.6 is 11.3 Å². The Morgan fingerprint density at radius 2 is 2.00 bits per heavy atom. The summed E-state index contributed by atoms with van der Waals surface area (Å²) < 4.78 is 5.48. The molecule has 18 heavy (non-hydrogen) atoms. The second kappa shape index (κ2) is 6.54. The third-order valence-corrected chi connectivity index (χ3v) is 3.61. The molecule has 3 nitrogen and oxygen atoms in total. The van der Waals surface area contributed by atoms with Gasteiger partial charge >= 0.3 is 0 Å². The Kier molecular flexibility index (Phi) is 4.75. The number of benzene rings is 1. The summed E-state index contributed by atoms with van der Waals surface area (Å²) in [5, 5.41) is 12.0. The average Bonchev–Trinajstić information content (AvgIpc) is 2.88. The quantitative estimate of drug-likeness (QED) is 0.622. The Labute approximate surface area is 111 Å². The zero-order valence-electron chi connectivity index (χ0n) is 10.1. The molecule has 0 saturated heterocycles. The van der Waals surface area contributed by atoms with Crippen molar-refractivity contribution in [1.82, 2.24) is 0 Å². The first-order chi connectivity index (χ1) is 8.75. The lowest BCUT2D eigenvalue weighted by Crippen LogP contribution is -2.09. The number of anilines is 1. The van der Waals surface area contributed by atoms with Crippen molar-refractivity contribution in [3.63, 3.8) is 0 Å². The van der Waals surface area contributed by atoms with Crippen LogP contribution in [0.5, 0.6) is 0 Å². The zero-order chi connectivity index (χ0) is 12.8. The normalized spacial score (nSPS) is 12.5. The van der Waals surface area contributed by atoms with Gasteiger partial charge in [-0.25, -0.2) is 0 Å². The first-order valence-electron chi connectivity index (χ1n) is 5.89. The average molecular weight is 263 g/mol. The van der Waals surface area contributed by atoms with Gasteiger partial charge in [-0.2, -0.15) is 0 Å². The molecule has 0 aliphatic rings. The molecule has 0 saturated carbocycles. The molecule has 0 aliphatic carbocycles. The number of nitrogens with two attached hydrogens (primary N) is 1. The molecule has 0 bridgehead atoms. The van der Waals surface area contributed by atoms with Crippen LogP contribution in [0.25, 0.3) is 0 Å². The lowest BCUT2D eigenvalue weighted by molar-refractivity contribution is 0.0376. The molecular formula is C14H17NO2S. The van der Waals surface area contributed by atoms with E-state index < -0.39 is 6.10 Å². The number of aliphatic hydroxyl groups excluding tert-OH is 1. The first-order valence-corrected chi connectivity index (χ1v) is 6.77. The van der Waals surface area contributed by atoms with Crippen LogP contribution in [0, 0.1) is 0 Å². The van der Waals surface area contributed by atoms with E-state index in [1.54, 1.807) is 23.5 Å². The van der Waals surface area contributed by atoms with E-state index in [4.69, 9.17) is 10.5 Å². The predicted octanol–water partition coefficient (Wildman–Crippen LogP) is 2.62. The summed E-state index contributed by atoms with van der Waals surface area (Å²) in [5.74, 6) is 0. The van der Waals surface area contributed by atoms with Gasteiger partial charge in [0.1, 0.15) is 6.10 Å². The van der Waals surface area contributed by atoms with Crippen LogP contribution in [0.3, 0.4) is 0 Å². The summed E-state index contributed by atoms with van der Waals surface area (Å²) >= 11 is 1.72. The highest BCUT2D eigenvalue weighted by atomic mass is 32.1. The standard InChI is InChI=1S/C14H17NO2S/c15-12-5-3-11(4-6-12)14(16)10-17-8-7-13-2-1-9-18-13/h1-6,9,14,16H,7-8,10,15H2. The van der Waals surface area contributed by atoms with Crippen LogP contribution in [0.2, 0.25) is 0 Å². The highest BCUT2D eigenvalue weighted by molar-refractivity contribution is 7.09. The van der Waals surface area contributed by atoms with Gasteiger partial charge in [-0.3, -0.25) is 0 Å².